The number of ether oxygens (including phenoxy) is 2. The van der Waals surface area contributed by atoms with Crippen LogP contribution in [-0.2, 0) is 25.5 Å². The molecule has 0 aromatic heterocycles. The normalized spacial score (nSPS) is 18.6. The Kier molecular flexibility index (Phi) is 4.57. The Labute approximate surface area is 117 Å². The van der Waals surface area contributed by atoms with E-state index in [1.54, 1.807) is 11.0 Å². The average Bonchev–Trinajstić information content (AvgIpc) is 2.49. The standard InChI is InChI=1S/C14H18N2O4/c1-19-14(18)12-9-16(6-7-20-12)13(17)8-10-4-2-3-5-11(10)15/h2-5,12H,6-9,15H2,1H3. The number of morpholine rings is 1. The lowest BCUT2D eigenvalue weighted by Gasteiger charge is -2.31. The van der Waals surface area contributed by atoms with Gasteiger partial charge >= 0.3 is 5.97 Å². The highest BCUT2D eigenvalue weighted by atomic mass is 16.6. The molecular formula is C14H18N2O4. The van der Waals surface area contributed by atoms with Crippen LogP contribution in [0.4, 0.5) is 5.69 Å². The van der Waals surface area contributed by atoms with Gasteiger partial charge in [0.25, 0.3) is 0 Å². The molecule has 0 bridgehead atoms. The lowest BCUT2D eigenvalue weighted by molar-refractivity contribution is -0.162. The maximum Gasteiger partial charge on any atom is 0.336 e. The number of nitrogens with zero attached hydrogens (tertiary/aromatic N) is 1. The van der Waals surface area contributed by atoms with E-state index in [0.29, 0.717) is 18.8 Å². The van der Waals surface area contributed by atoms with Crippen LogP contribution in [0.25, 0.3) is 0 Å². The number of esters is 1. The van der Waals surface area contributed by atoms with Crippen LogP contribution in [0.5, 0.6) is 0 Å². The van der Waals surface area contributed by atoms with E-state index in [9.17, 15) is 9.59 Å². The van der Waals surface area contributed by atoms with Gasteiger partial charge in [-0.1, -0.05) is 18.2 Å². The molecule has 20 heavy (non-hydrogen) atoms. The molecule has 1 aliphatic rings. The third kappa shape index (κ3) is 3.27. The highest BCUT2D eigenvalue weighted by Crippen LogP contribution is 2.14. The molecule has 1 aromatic carbocycles. The SMILES string of the molecule is COC(=O)C1CN(C(=O)Cc2ccccc2N)CCO1. The van der Waals surface area contributed by atoms with Gasteiger partial charge in [0.2, 0.25) is 5.91 Å². The molecule has 6 nitrogen and oxygen atoms in total. The van der Waals surface area contributed by atoms with Gasteiger partial charge in [0.15, 0.2) is 6.10 Å². The summed E-state index contributed by atoms with van der Waals surface area (Å²) in [5.41, 5.74) is 7.21. The zero-order valence-corrected chi connectivity index (χ0v) is 11.4. The second-order valence-corrected chi connectivity index (χ2v) is 4.60. The number of rotatable bonds is 3. The number of nitrogen functional groups attached to an aromatic ring is 1. The Hall–Kier alpha value is -2.08. The molecule has 6 heteroatoms. The number of carbonyl (C=O) groups excluding carboxylic acids is 2. The number of carbonyl (C=O) groups is 2. The molecule has 1 heterocycles. The first-order chi connectivity index (χ1) is 9.61. The number of methoxy groups -OCH3 is 1. The maximum absolute atomic E-state index is 12.2. The van der Waals surface area contributed by atoms with Crippen LogP contribution in [0.1, 0.15) is 5.56 Å². The largest absolute Gasteiger partial charge is 0.467 e. The van der Waals surface area contributed by atoms with Crippen LogP contribution in [0.2, 0.25) is 0 Å². The summed E-state index contributed by atoms with van der Waals surface area (Å²) in [7, 11) is 1.30. The smallest absolute Gasteiger partial charge is 0.336 e. The van der Waals surface area contributed by atoms with Crippen LogP contribution in [0.15, 0.2) is 24.3 Å². The van der Waals surface area contributed by atoms with Gasteiger partial charge < -0.3 is 20.1 Å². The number of anilines is 1. The van der Waals surface area contributed by atoms with Gasteiger partial charge in [-0.25, -0.2) is 4.79 Å². The second kappa shape index (κ2) is 6.38. The highest BCUT2D eigenvalue weighted by molar-refractivity contribution is 5.82. The van der Waals surface area contributed by atoms with Crippen LogP contribution in [0.3, 0.4) is 0 Å². The second-order valence-electron chi connectivity index (χ2n) is 4.60. The van der Waals surface area contributed by atoms with Crippen molar-refractivity contribution in [2.45, 2.75) is 12.5 Å². The van der Waals surface area contributed by atoms with Gasteiger partial charge in [0.05, 0.1) is 26.7 Å². The van der Waals surface area contributed by atoms with Gasteiger partial charge in [0.1, 0.15) is 0 Å². The van der Waals surface area contributed by atoms with E-state index in [1.165, 1.54) is 7.11 Å². The summed E-state index contributed by atoms with van der Waals surface area (Å²) in [4.78, 5) is 25.3. The monoisotopic (exact) mass is 278 g/mol. The number of benzene rings is 1. The number of amides is 1. The highest BCUT2D eigenvalue weighted by Gasteiger charge is 2.29. The lowest BCUT2D eigenvalue weighted by atomic mass is 10.1. The van der Waals surface area contributed by atoms with Crippen molar-refractivity contribution in [3.8, 4) is 0 Å². The first-order valence-electron chi connectivity index (χ1n) is 6.42. The summed E-state index contributed by atoms with van der Waals surface area (Å²) in [6, 6.07) is 7.26. The number of nitrogens with two attached hydrogens (primary N) is 1. The third-order valence-corrected chi connectivity index (χ3v) is 3.28. The van der Waals surface area contributed by atoms with Crippen molar-refractivity contribution in [2.24, 2.45) is 0 Å². The van der Waals surface area contributed by atoms with Gasteiger partial charge in [0, 0.05) is 12.2 Å². The fourth-order valence-corrected chi connectivity index (χ4v) is 2.12. The van der Waals surface area contributed by atoms with Gasteiger partial charge in [-0.05, 0) is 11.6 Å². The zero-order valence-electron chi connectivity index (χ0n) is 11.4. The predicted molar refractivity (Wildman–Crippen MR) is 72.9 cm³/mol. The minimum atomic E-state index is -0.703. The Balaban J connectivity index is 1.99. The number of hydrogen-bond acceptors (Lipinski definition) is 5. The third-order valence-electron chi connectivity index (χ3n) is 3.28. The van der Waals surface area contributed by atoms with Crippen molar-refractivity contribution in [2.75, 3.05) is 32.5 Å². The van der Waals surface area contributed by atoms with E-state index in [2.05, 4.69) is 4.74 Å². The molecule has 1 amide bonds. The summed E-state index contributed by atoms with van der Waals surface area (Å²) in [6.07, 6.45) is -0.480. The van der Waals surface area contributed by atoms with Crippen molar-refractivity contribution >= 4 is 17.6 Å². The molecule has 1 atom stereocenters. The van der Waals surface area contributed by atoms with Gasteiger partial charge in [-0.15, -0.1) is 0 Å². The zero-order chi connectivity index (χ0) is 14.5. The molecule has 1 aromatic rings. The molecule has 1 saturated heterocycles. The minimum absolute atomic E-state index is 0.0693. The fourth-order valence-electron chi connectivity index (χ4n) is 2.12. The summed E-state index contributed by atoms with van der Waals surface area (Å²) < 4.78 is 9.93. The van der Waals surface area contributed by atoms with Crippen molar-refractivity contribution in [3.05, 3.63) is 29.8 Å². The van der Waals surface area contributed by atoms with Crippen LogP contribution >= 0.6 is 0 Å². The maximum atomic E-state index is 12.2. The average molecular weight is 278 g/mol. The van der Waals surface area contributed by atoms with Crippen molar-refractivity contribution < 1.29 is 19.1 Å². The molecule has 1 fully saturated rings. The van der Waals surface area contributed by atoms with Crippen molar-refractivity contribution in [1.82, 2.24) is 4.90 Å². The molecular weight excluding hydrogens is 260 g/mol. The first kappa shape index (κ1) is 14.3. The summed E-state index contributed by atoms with van der Waals surface area (Å²) in [5, 5.41) is 0. The Bertz CT molecular complexity index is 504. The first-order valence-corrected chi connectivity index (χ1v) is 6.42. The van der Waals surface area contributed by atoms with Crippen molar-refractivity contribution in [1.29, 1.82) is 0 Å². The Morgan fingerprint density at radius 3 is 2.90 bits per heavy atom. The van der Waals surface area contributed by atoms with Crippen LogP contribution in [-0.4, -0.2) is 49.7 Å². The molecule has 2 rings (SSSR count). The predicted octanol–water partition coefficient (Wildman–Crippen LogP) is 0.212. The van der Waals surface area contributed by atoms with E-state index >= 15 is 0 Å². The molecule has 1 unspecified atom stereocenters. The van der Waals surface area contributed by atoms with Gasteiger partial charge in [-0.3, -0.25) is 4.79 Å². The quantitative estimate of drug-likeness (QED) is 0.631. The summed E-state index contributed by atoms with van der Waals surface area (Å²) in [5.74, 6) is -0.526. The topological polar surface area (TPSA) is 81.9 Å². The van der Waals surface area contributed by atoms with E-state index in [-0.39, 0.29) is 18.9 Å². The van der Waals surface area contributed by atoms with E-state index in [4.69, 9.17) is 10.5 Å². The Morgan fingerprint density at radius 1 is 1.45 bits per heavy atom. The number of hydrogen-bond donors (Lipinski definition) is 1. The van der Waals surface area contributed by atoms with E-state index < -0.39 is 12.1 Å². The summed E-state index contributed by atoms with van der Waals surface area (Å²) >= 11 is 0. The van der Waals surface area contributed by atoms with E-state index in [0.717, 1.165) is 5.56 Å². The molecule has 0 radical (unpaired) electrons. The van der Waals surface area contributed by atoms with Crippen LogP contribution in [0, 0.1) is 0 Å². The molecule has 1 aliphatic heterocycles. The molecule has 0 spiro atoms. The lowest BCUT2D eigenvalue weighted by Crippen LogP contribution is -2.49. The minimum Gasteiger partial charge on any atom is -0.467 e. The Morgan fingerprint density at radius 2 is 2.20 bits per heavy atom. The molecule has 108 valence electrons. The molecule has 2 N–H and O–H groups in total. The van der Waals surface area contributed by atoms with Crippen molar-refractivity contribution in [3.63, 3.8) is 0 Å². The summed E-state index contributed by atoms with van der Waals surface area (Å²) in [6.45, 7) is 1.02. The molecule has 0 saturated carbocycles. The van der Waals surface area contributed by atoms with E-state index in [1.807, 2.05) is 18.2 Å². The number of para-hydroxylation sites is 1. The van der Waals surface area contributed by atoms with Crippen LogP contribution < -0.4 is 5.73 Å². The fraction of sp³-hybridized carbons (Fsp3) is 0.429. The molecule has 0 aliphatic carbocycles. The van der Waals surface area contributed by atoms with Gasteiger partial charge in [-0.2, -0.15) is 0 Å².